The molecule has 1 nitrogen and oxygen atoms in total. The SMILES string of the molecule is Cc1c(Br)cccc1NCCCc1ccccc1. The van der Waals surface area contributed by atoms with E-state index < -0.39 is 0 Å². The summed E-state index contributed by atoms with van der Waals surface area (Å²) < 4.78 is 1.16. The number of halogens is 1. The molecule has 0 atom stereocenters. The van der Waals surface area contributed by atoms with Gasteiger partial charge in [-0.1, -0.05) is 52.3 Å². The van der Waals surface area contributed by atoms with Gasteiger partial charge < -0.3 is 5.32 Å². The van der Waals surface area contributed by atoms with Crippen LogP contribution in [-0.2, 0) is 6.42 Å². The monoisotopic (exact) mass is 303 g/mol. The molecular formula is C16H18BrN. The first-order valence-electron chi connectivity index (χ1n) is 6.30. The van der Waals surface area contributed by atoms with Gasteiger partial charge in [-0.15, -0.1) is 0 Å². The highest BCUT2D eigenvalue weighted by atomic mass is 79.9. The molecule has 1 N–H and O–H groups in total. The molecule has 0 amide bonds. The molecular weight excluding hydrogens is 286 g/mol. The van der Waals surface area contributed by atoms with Crippen molar-refractivity contribution in [2.45, 2.75) is 19.8 Å². The summed E-state index contributed by atoms with van der Waals surface area (Å²) in [5, 5.41) is 3.49. The standard InChI is InChI=1S/C16H18BrN/c1-13-15(17)10-5-11-16(13)18-12-6-9-14-7-3-2-4-8-14/h2-5,7-8,10-11,18H,6,9,12H2,1H3. The van der Waals surface area contributed by atoms with E-state index in [1.807, 2.05) is 0 Å². The van der Waals surface area contributed by atoms with Gasteiger partial charge in [0.05, 0.1) is 0 Å². The van der Waals surface area contributed by atoms with Gasteiger partial charge in [0.2, 0.25) is 0 Å². The molecule has 0 fully saturated rings. The zero-order valence-electron chi connectivity index (χ0n) is 10.6. The van der Waals surface area contributed by atoms with Crippen molar-refractivity contribution >= 4 is 21.6 Å². The Balaban J connectivity index is 1.81. The summed E-state index contributed by atoms with van der Waals surface area (Å²) in [6, 6.07) is 16.9. The van der Waals surface area contributed by atoms with Gasteiger partial charge in [-0.3, -0.25) is 0 Å². The number of hydrogen-bond acceptors (Lipinski definition) is 1. The molecule has 2 rings (SSSR count). The van der Waals surface area contributed by atoms with E-state index in [1.54, 1.807) is 0 Å². The summed E-state index contributed by atoms with van der Waals surface area (Å²) in [6.45, 7) is 3.13. The lowest BCUT2D eigenvalue weighted by molar-refractivity contribution is 0.862. The van der Waals surface area contributed by atoms with Crippen molar-refractivity contribution in [3.63, 3.8) is 0 Å². The van der Waals surface area contributed by atoms with Crippen LogP contribution in [0.1, 0.15) is 17.5 Å². The second-order valence-electron chi connectivity index (χ2n) is 4.43. The van der Waals surface area contributed by atoms with Crippen molar-refractivity contribution in [1.29, 1.82) is 0 Å². The Bertz CT molecular complexity index is 494. The predicted molar refractivity (Wildman–Crippen MR) is 82.1 cm³/mol. The number of benzene rings is 2. The Kier molecular flexibility index (Phi) is 4.82. The van der Waals surface area contributed by atoms with Gasteiger partial charge in [-0.25, -0.2) is 0 Å². The molecule has 0 spiro atoms. The third-order valence-corrected chi connectivity index (χ3v) is 3.93. The normalized spacial score (nSPS) is 10.3. The summed E-state index contributed by atoms with van der Waals surface area (Å²) >= 11 is 3.55. The minimum absolute atomic E-state index is 1.01. The van der Waals surface area contributed by atoms with Crippen molar-refractivity contribution in [3.05, 3.63) is 64.1 Å². The largest absolute Gasteiger partial charge is 0.385 e. The van der Waals surface area contributed by atoms with E-state index in [0.717, 1.165) is 23.9 Å². The van der Waals surface area contributed by atoms with Crippen LogP contribution in [-0.4, -0.2) is 6.54 Å². The van der Waals surface area contributed by atoms with Crippen molar-refractivity contribution in [3.8, 4) is 0 Å². The second kappa shape index (κ2) is 6.60. The van der Waals surface area contributed by atoms with Crippen LogP contribution in [0.4, 0.5) is 5.69 Å². The number of anilines is 1. The molecule has 0 unspecified atom stereocenters. The van der Waals surface area contributed by atoms with Crippen LogP contribution in [0.2, 0.25) is 0 Å². The molecule has 0 radical (unpaired) electrons. The maximum atomic E-state index is 3.55. The summed E-state index contributed by atoms with van der Waals surface area (Å²) in [5.74, 6) is 0. The predicted octanol–water partition coefficient (Wildman–Crippen LogP) is 4.80. The topological polar surface area (TPSA) is 12.0 Å². The van der Waals surface area contributed by atoms with Crippen LogP contribution in [0, 0.1) is 6.92 Å². The summed E-state index contributed by atoms with van der Waals surface area (Å²) in [6.07, 6.45) is 2.27. The van der Waals surface area contributed by atoms with Gasteiger partial charge in [0.25, 0.3) is 0 Å². The molecule has 0 aliphatic heterocycles. The van der Waals surface area contributed by atoms with E-state index in [4.69, 9.17) is 0 Å². The van der Waals surface area contributed by atoms with Crippen LogP contribution in [0.25, 0.3) is 0 Å². The number of hydrogen-bond donors (Lipinski definition) is 1. The average molecular weight is 304 g/mol. The summed E-state index contributed by atoms with van der Waals surface area (Å²) in [5.41, 5.74) is 3.90. The molecule has 2 aromatic carbocycles. The van der Waals surface area contributed by atoms with Crippen LogP contribution in [0.3, 0.4) is 0 Å². The Morgan fingerprint density at radius 2 is 1.78 bits per heavy atom. The van der Waals surface area contributed by atoms with E-state index in [-0.39, 0.29) is 0 Å². The first kappa shape index (κ1) is 13.2. The lowest BCUT2D eigenvalue weighted by atomic mass is 10.1. The van der Waals surface area contributed by atoms with Crippen molar-refractivity contribution in [2.75, 3.05) is 11.9 Å². The van der Waals surface area contributed by atoms with E-state index >= 15 is 0 Å². The number of rotatable bonds is 5. The summed E-state index contributed by atoms with van der Waals surface area (Å²) in [4.78, 5) is 0. The fraction of sp³-hybridized carbons (Fsp3) is 0.250. The zero-order chi connectivity index (χ0) is 12.8. The number of aryl methyl sites for hydroxylation is 1. The van der Waals surface area contributed by atoms with Crippen LogP contribution in [0.5, 0.6) is 0 Å². The molecule has 0 aromatic heterocycles. The molecule has 94 valence electrons. The smallest absolute Gasteiger partial charge is 0.0381 e. The van der Waals surface area contributed by atoms with Crippen LogP contribution >= 0.6 is 15.9 Å². The fourth-order valence-electron chi connectivity index (χ4n) is 1.96. The van der Waals surface area contributed by atoms with Crippen molar-refractivity contribution in [1.82, 2.24) is 0 Å². The van der Waals surface area contributed by atoms with E-state index in [9.17, 15) is 0 Å². The molecule has 0 saturated carbocycles. The minimum atomic E-state index is 1.01. The average Bonchev–Trinajstić information content (AvgIpc) is 2.40. The van der Waals surface area contributed by atoms with Gasteiger partial charge in [0.1, 0.15) is 0 Å². The van der Waals surface area contributed by atoms with Gasteiger partial charge in [-0.2, -0.15) is 0 Å². The van der Waals surface area contributed by atoms with Crippen LogP contribution in [0.15, 0.2) is 53.0 Å². The van der Waals surface area contributed by atoms with Crippen molar-refractivity contribution < 1.29 is 0 Å². The Labute approximate surface area is 117 Å². The first-order valence-corrected chi connectivity index (χ1v) is 7.09. The molecule has 2 heteroatoms. The molecule has 0 bridgehead atoms. The molecule has 18 heavy (non-hydrogen) atoms. The van der Waals surface area contributed by atoms with E-state index in [2.05, 4.69) is 76.7 Å². The summed E-state index contributed by atoms with van der Waals surface area (Å²) in [7, 11) is 0. The molecule has 0 aliphatic carbocycles. The maximum Gasteiger partial charge on any atom is 0.0381 e. The van der Waals surface area contributed by atoms with Gasteiger partial charge in [-0.05, 0) is 43.0 Å². The lowest BCUT2D eigenvalue weighted by Gasteiger charge is -2.10. The number of nitrogens with one attached hydrogen (secondary N) is 1. The van der Waals surface area contributed by atoms with Gasteiger partial charge >= 0.3 is 0 Å². The van der Waals surface area contributed by atoms with Gasteiger partial charge in [0.15, 0.2) is 0 Å². The second-order valence-corrected chi connectivity index (χ2v) is 5.28. The van der Waals surface area contributed by atoms with Gasteiger partial charge in [0, 0.05) is 16.7 Å². The Morgan fingerprint density at radius 3 is 2.56 bits per heavy atom. The third kappa shape index (κ3) is 3.61. The third-order valence-electron chi connectivity index (χ3n) is 3.07. The molecule has 0 heterocycles. The van der Waals surface area contributed by atoms with E-state index in [0.29, 0.717) is 0 Å². The fourth-order valence-corrected chi connectivity index (χ4v) is 2.33. The first-order chi connectivity index (χ1) is 8.77. The molecule has 2 aromatic rings. The quantitative estimate of drug-likeness (QED) is 0.782. The maximum absolute atomic E-state index is 3.55. The molecule has 0 aliphatic rings. The highest BCUT2D eigenvalue weighted by Gasteiger charge is 2.00. The minimum Gasteiger partial charge on any atom is -0.385 e. The molecule has 0 saturated heterocycles. The lowest BCUT2D eigenvalue weighted by Crippen LogP contribution is -2.04. The zero-order valence-corrected chi connectivity index (χ0v) is 12.2. The Morgan fingerprint density at radius 1 is 1.00 bits per heavy atom. The van der Waals surface area contributed by atoms with Crippen LogP contribution < -0.4 is 5.32 Å². The Hall–Kier alpha value is -1.28. The van der Waals surface area contributed by atoms with E-state index in [1.165, 1.54) is 16.8 Å². The highest BCUT2D eigenvalue weighted by molar-refractivity contribution is 9.10. The van der Waals surface area contributed by atoms with Crippen molar-refractivity contribution in [2.24, 2.45) is 0 Å². The highest BCUT2D eigenvalue weighted by Crippen LogP contribution is 2.23.